The molecule has 0 fully saturated rings. The van der Waals surface area contributed by atoms with Crippen LogP contribution in [0.25, 0.3) is 6.08 Å². The second kappa shape index (κ2) is 7.23. The Morgan fingerprint density at radius 3 is 2.62 bits per heavy atom. The van der Waals surface area contributed by atoms with Crippen LogP contribution in [0.1, 0.15) is 35.1 Å². The summed E-state index contributed by atoms with van der Waals surface area (Å²) in [5.41, 5.74) is 5.70. The first kappa shape index (κ1) is 15.5. The average molecular weight is 319 g/mol. The van der Waals surface area contributed by atoms with Crippen LogP contribution in [0.3, 0.4) is 0 Å². The molecule has 1 N–H and O–H groups in total. The van der Waals surface area contributed by atoms with E-state index in [1.165, 1.54) is 41.5 Å². The van der Waals surface area contributed by atoms with Crippen LogP contribution < -0.4 is 10.1 Å². The van der Waals surface area contributed by atoms with Crippen molar-refractivity contribution in [1.29, 1.82) is 0 Å². The predicted octanol–water partition coefficient (Wildman–Crippen LogP) is 4.17. The molecular formula is C22H25NO. The van der Waals surface area contributed by atoms with Crippen LogP contribution in [0.4, 0.5) is 0 Å². The Balaban J connectivity index is 1.15. The van der Waals surface area contributed by atoms with Gasteiger partial charge in [-0.1, -0.05) is 48.6 Å². The Bertz CT molecular complexity index is 709. The third kappa shape index (κ3) is 3.39. The van der Waals surface area contributed by atoms with Crippen molar-refractivity contribution in [3.8, 4) is 5.75 Å². The van der Waals surface area contributed by atoms with Gasteiger partial charge in [0, 0.05) is 11.6 Å². The van der Waals surface area contributed by atoms with Crippen LogP contribution >= 0.6 is 0 Å². The summed E-state index contributed by atoms with van der Waals surface area (Å²) in [6, 6.07) is 15.8. The number of ether oxygens (including phenoxy) is 1. The molecule has 4 rings (SSSR count). The zero-order valence-corrected chi connectivity index (χ0v) is 14.1. The highest BCUT2D eigenvalue weighted by Gasteiger charge is 2.19. The molecule has 0 saturated heterocycles. The van der Waals surface area contributed by atoms with Crippen LogP contribution in [0.15, 0.2) is 48.5 Å². The van der Waals surface area contributed by atoms with Crippen molar-refractivity contribution >= 4 is 6.08 Å². The normalized spacial score (nSPS) is 15.5. The van der Waals surface area contributed by atoms with Crippen LogP contribution in [0.5, 0.6) is 5.75 Å². The number of allylic oxidation sites excluding steroid dienone is 1. The molecule has 124 valence electrons. The maximum Gasteiger partial charge on any atom is 0.123 e. The van der Waals surface area contributed by atoms with E-state index < -0.39 is 0 Å². The molecule has 0 amide bonds. The van der Waals surface area contributed by atoms with Gasteiger partial charge in [-0.2, -0.15) is 0 Å². The fraction of sp³-hybridized carbons (Fsp3) is 0.364. The van der Waals surface area contributed by atoms with E-state index in [0.29, 0.717) is 6.04 Å². The molecule has 24 heavy (non-hydrogen) atoms. The van der Waals surface area contributed by atoms with Gasteiger partial charge in [-0.05, 0) is 61.4 Å². The lowest BCUT2D eigenvalue weighted by atomic mass is 10.1. The molecule has 0 bridgehead atoms. The highest BCUT2D eigenvalue weighted by atomic mass is 16.5. The van der Waals surface area contributed by atoms with Crippen molar-refractivity contribution in [2.24, 2.45) is 0 Å². The number of benzene rings is 2. The van der Waals surface area contributed by atoms with E-state index in [0.717, 1.165) is 31.7 Å². The van der Waals surface area contributed by atoms with E-state index in [2.05, 4.69) is 59.9 Å². The lowest BCUT2D eigenvalue weighted by Crippen LogP contribution is -2.30. The minimum absolute atomic E-state index is 0.617. The van der Waals surface area contributed by atoms with Crippen LogP contribution in [-0.2, 0) is 19.3 Å². The molecule has 0 radical (unpaired) electrons. The minimum Gasteiger partial charge on any atom is -0.493 e. The van der Waals surface area contributed by atoms with E-state index >= 15 is 0 Å². The summed E-state index contributed by atoms with van der Waals surface area (Å²) in [7, 11) is 0. The number of hydrogen-bond acceptors (Lipinski definition) is 2. The first-order valence-electron chi connectivity index (χ1n) is 9.11. The van der Waals surface area contributed by atoms with Gasteiger partial charge in [0.2, 0.25) is 0 Å². The van der Waals surface area contributed by atoms with Crippen molar-refractivity contribution in [3.05, 3.63) is 70.8 Å². The smallest absolute Gasteiger partial charge is 0.123 e. The first-order valence-corrected chi connectivity index (χ1v) is 9.11. The Morgan fingerprint density at radius 2 is 1.79 bits per heavy atom. The van der Waals surface area contributed by atoms with Crippen molar-refractivity contribution in [3.63, 3.8) is 0 Å². The molecule has 0 atom stereocenters. The standard InChI is InChI=1S/C22H25NO/c1-2-8-19-16-20(15-18(19)7-1)23-13-3-4-14-24-22-12-6-10-17-9-5-11-21(17)22/h1-2,5-10,12,20,23H,3-4,11,13-16H2. The Kier molecular flexibility index (Phi) is 4.66. The maximum atomic E-state index is 6.00. The number of rotatable bonds is 7. The molecule has 0 unspecified atom stereocenters. The van der Waals surface area contributed by atoms with Gasteiger partial charge in [-0.15, -0.1) is 0 Å². The number of fused-ring (bicyclic) bond motifs is 2. The Morgan fingerprint density at radius 1 is 0.958 bits per heavy atom. The highest BCUT2D eigenvalue weighted by Crippen LogP contribution is 2.28. The topological polar surface area (TPSA) is 21.3 Å². The fourth-order valence-electron chi connectivity index (χ4n) is 3.81. The summed E-state index contributed by atoms with van der Waals surface area (Å²) < 4.78 is 6.00. The van der Waals surface area contributed by atoms with Gasteiger partial charge >= 0.3 is 0 Å². The third-order valence-electron chi connectivity index (χ3n) is 5.10. The monoisotopic (exact) mass is 319 g/mol. The molecule has 0 aromatic heterocycles. The second-order valence-electron chi connectivity index (χ2n) is 6.81. The Labute approximate surface area is 144 Å². The van der Waals surface area contributed by atoms with Crippen molar-refractivity contribution in [1.82, 2.24) is 5.32 Å². The minimum atomic E-state index is 0.617. The molecular weight excluding hydrogens is 294 g/mol. The van der Waals surface area contributed by atoms with Crippen molar-refractivity contribution in [2.45, 2.75) is 38.1 Å². The molecule has 2 nitrogen and oxygen atoms in total. The number of unbranched alkanes of at least 4 members (excludes halogenated alkanes) is 1. The molecule has 0 aliphatic heterocycles. The van der Waals surface area contributed by atoms with Gasteiger partial charge in [0.05, 0.1) is 6.61 Å². The molecule has 2 aromatic rings. The second-order valence-corrected chi connectivity index (χ2v) is 6.81. The molecule has 2 aliphatic carbocycles. The van der Waals surface area contributed by atoms with Gasteiger partial charge in [0.25, 0.3) is 0 Å². The number of nitrogens with one attached hydrogen (secondary N) is 1. The molecule has 2 heteroatoms. The largest absolute Gasteiger partial charge is 0.493 e. The Hall–Kier alpha value is -2.06. The van der Waals surface area contributed by atoms with Gasteiger partial charge in [0.1, 0.15) is 5.75 Å². The summed E-state index contributed by atoms with van der Waals surface area (Å²) in [6.45, 7) is 1.89. The maximum absolute atomic E-state index is 6.00. The van der Waals surface area contributed by atoms with Gasteiger partial charge in [-0.25, -0.2) is 0 Å². The molecule has 0 spiro atoms. The van der Waals surface area contributed by atoms with Gasteiger partial charge < -0.3 is 10.1 Å². The van der Waals surface area contributed by atoms with Crippen LogP contribution in [0.2, 0.25) is 0 Å². The summed E-state index contributed by atoms with van der Waals surface area (Å²) in [4.78, 5) is 0. The predicted molar refractivity (Wildman–Crippen MR) is 99.5 cm³/mol. The molecule has 0 heterocycles. The quantitative estimate of drug-likeness (QED) is 0.773. The first-order chi connectivity index (χ1) is 11.9. The average Bonchev–Trinajstić information content (AvgIpc) is 3.24. The molecule has 2 aromatic carbocycles. The molecule has 0 saturated carbocycles. The summed E-state index contributed by atoms with van der Waals surface area (Å²) in [5.74, 6) is 1.07. The van der Waals surface area contributed by atoms with Gasteiger partial charge in [-0.3, -0.25) is 0 Å². The van der Waals surface area contributed by atoms with Gasteiger partial charge in [0.15, 0.2) is 0 Å². The van der Waals surface area contributed by atoms with E-state index in [-0.39, 0.29) is 0 Å². The van der Waals surface area contributed by atoms with Crippen LogP contribution in [0, 0.1) is 0 Å². The number of hydrogen-bond donors (Lipinski definition) is 1. The zero-order chi connectivity index (χ0) is 16.2. The van der Waals surface area contributed by atoms with Crippen molar-refractivity contribution in [2.75, 3.05) is 13.2 Å². The summed E-state index contributed by atoms with van der Waals surface area (Å²) >= 11 is 0. The summed E-state index contributed by atoms with van der Waals surface area (Å²) in [5, 5.41) is 3.70. The van der Waals surface area contributed by atoms with E-state index in [4.69, 9.17) is 4.74 Å². The molecule has 2 aliphatic rings. The fourth-order valence-corrected chi connectivity index (χ4v) is 3.81. The van der Waals surface area contributed by atoms with Crippen molar-refractivity contribution < 1.29 is 4.74 Å². The highest BCUT2D eigenvalue weighted by molar-refractivity contribution is 5.63. The van der Waals surface area contributed by atoms with E-state index in [9.17, 15) is 0 Å². The third-order valence-corrected chi connectivity index (χ3v) is 5.10. The van der Waals surface area contributed by atoms with E-state index in [1.54, 1.807) is 0 Å². The van der Waals surface area contributed by atoms with Crippen LogP contribution in [-0.4, -0.2) is 19.2 Å². The lowest BCUT2D eigenvalue weighted by molar-refractivity contribution is 0.302. The summed E-state index contributed by atoms with van der Waals surface area (Å²) in [6.07, 6.45) is 10.0. The lowest BCUT2D eigenvalue weighted by Gasteiger charge is -2.13. The SMILES string of the molecule is C1=Cc2cccc(OCCCCNC3Cc4ccccc4C3)c2C1. The zero-order valence-electron chi connectivity index (χ0n) is 14.1. The van der Waals surface area contributed by atoms with E-state index in [1.807, 2.05) is 0 Å².